The number of likely N-dealkylation sites (tertiary alicyclic amines) is 1. The number of aryl methyl sites for hydroxylation is 3. The maximum atomic E-state index is 12.6. The Kier molecular flexibility index (Phi) is 4.73. The lowest BCUT2D eigenvalue weighted by Gasteiger charge is -2.30. The molecule has 1 aliphatic heterocycles. The highest BCUT2D eigenvalue weighted by Crippen LogP contribution is 2.34. The number of carbonyl (C=O) groups is 1. The zero-order valence-corrected chi connectivity index (χ0v) is 16.6. The van der Waals surface area contributed by atoms with Crippen LogP contribution in [0, 0.1) is 6.92 Å². The zero-order valence-electron chi connectivity index (χ0n) is 16.6. The van der Waals surface area contributed by atoms with Crippen LogP contribution in [0.15, 0.2) is 27.1 Å². The molecule has 0 radical (unpaired) electrons. The summed E-state index contributed by atoms with van der Waals surface area (Å²) in [7, 11) is 0. The van der Waals surface area contributed by atoms with Gasteiger partial charge in [-0.15, -0.1) is 0 Å². The van der Waals surface area contributed by atoms with Gasteiger partial charge in [0.05, 0.1) is 0 Å². The van der Waals surface area contributed by atoms with Gasteiger partial charge in [0.2, 0.25) is 5.89 Å². The average molecular weight is 395 g/mol. The van der Waals surface area contributed by atoms with Gasteiger partial charge >= 0.3 is 0 Å². The quantitative estimate of drug-likeness (QED) is 0.669. The first-order valence-electron chi connectivity index (χ1n) is 10.4. The molecule has 0 spiro atoms. The number of benzene rings is 1. The first kappa shape index (κ1) is 18.2. The number of furan rings is 1. The van der Waals surface area contributed by atoms with Crippen molar-refractivity contribution in [3.05, 3.63) is 41.2 Å². The highest BCUT2D eigenvalue weighted by atomic mass is 16.5. The molecule has 1 aromatic carbocycles. The van der Waals surface area contributed by atoms with Crippen LogP contribution in [0.2, 0.25) is 0 Å². The molecule has 7 nitrogen and oxygen atoms in total. The molecule has 5 rings (SSSR count). The normalized spacial score (nSPS) is 17.5. The molecule has 2 aliphatic rings. The fourth-order valence-corrected chi connectivity index (χ4v) is 4.42. The number of piperidine rings is 1. The number of hydrogen-bond acceptors (Lipinski definition) is 6. The van der Waals surface area contributed by atoms with Gasteiger partial charge in [0, 0.05) is 36.4 Å². The van der Waals surface area contributed by atoms with Crippen molar-refractivity contribution in [1.29, 1.82) is 0 Å². The maximum Gasteiger partial charge on any atom is 0.260 e. The van der Waals surface area contributed by atoms with E-state index < -0.39 is 0 Å². The van der Waals surface area contributed by atoms with Gasteiger partial charge in [0.25, 0.3) is 5.91 Å². The number of carbonyl (C=O) groups excluding carboxylic acids is 1. The third kappa shape index (κ3) is 3.61. The van der Waals surface area contributed by atoms with Gasteiger partial charge in [-0.05, 0) is 57.2 Å². The molecule has 2 aromatic heterocycles. The van der Waals surface area contributed by atoms with Crippen LogP contribution < -0.4 is 4.74 Å². The van der Waals surface area contributed by atoms with Crippen LogP contribution in [-0.2, 0) is 17.6 Å². The Labute approximate surface area is 169 Å². The number of fused-ring (bicyclic) bond motifs is 3. The lowest BCUT2D eigenvalue weighted by molar-refractivity contribution is -0.134. The number of nitrogens with zero attached hydrogens (tertiary/aromatic N) is 3. The maximum absolute atomic E-state index is 12.6. The third-order valence-corrected chi connectivity index (χ3v) is 6.03. The van der Waals surface area contributed by atoms with Crippen molar-refractivity contribution in [2.45, 2.75) is 51.4 Å². The molecule has 0 bridgehead atoms. The van der Waals surface area contributed by atoms with E-state index in [1.807, 2.05) is 30.0 Å². The lowest BCUT2D eigenvalue weighted by Crippen LogP contribution is -2.40. The Morgan fingerprint density at radius 1 is 1.24 bits per heavy atom. The van der Waals surface area contributed by atoms with Gasteiger partial charge < -0.3 is 18.6 Å². The molecule has 1 aliphatic carbocycles. The first-order chi connectivity index (χ1) is 14.2. The molecule has 1 fully saturated rings. The average Bonchev–Trinajstić information content (AvgIpc) is 3.35. The van der Waals surface area contributed by atoms with Crippen LogP contribution in [0.3, 0.4) is 0 Å². The van der Waals surface area contributed by atoms with Gasteiger partial charge in [0.15, 0.2) is 12.4 Å². The number of rotatable bonds is 4. The molecular weight excluding hydrogens is 370 g/mol. The Bertz CT molecular complexity index is 1030. The van der Waals surface area contributed by atoms with E-state index in [-0.39, 0.29) is 18.4 Å². The van der Waals surface area contributed by atoms with Crippen molar-refractivity contribution < 1.29 is 18.5 Å². The largest absolute Gasteiger partial charge is 0.484 e. The second-order valence-corrected chi connectivity index (χ2v) is 7.99. The van der Waals surface area contributed by atoms with E-state index in [4.69, 9.17) is 13.7 Å². The molecule has 29 heavy (non-hydrogen) atoms. The Morgan fingerprint density at radius 2 is 2.07 bits per heavy atom. The van der Waals surface area contributed by atoms with Crippen LogP contribution >= 0.6 is 0 Å². The number of amides is 1. The minimum Gasteiger partial charge on any atom is -0.484 e. The van der Waals surface area contributed by atoms with Crippen LogP contribution in [0.5, 0.6) is 5.75 Å². The highest BCUT2D eigenvalue weighted by molar-refractivity contribution is 5.84. The Hall–Kier alpha value is -2.83. The van der Waals surface area contributed by atoms with E-state index in [1.165, 1.54) is 18.4 Å². The van der Waals surface area contributed by atoms with E-state index in [2.05, 4.69) is 10.1 Å². The third-order valence-electron chi connectivity index (χ3n) is 6.03. The first-order valence-corrected chi connectivity index (χ1v) is 10.4. The van der Waals surface area contributed by atoms with Crippen molar-refractivity contribution in [2.75, 3.05) is 19.7 Å². The van der Waals surface area contributed by atoms with Gasteiger partial charge in [-0.1, -0.05) is 5.16 Å². The minimum absolute atomic E-state index is 0.0134. The standard InChI is InChI=1S/C22H25N3O4/c1-14-23-22(29-24-14)15-8-10-25(11-9-15)21(26)13-27-16-6-7-20-18(12-16)17-4-2-3-5-19(17)28-20/h6-7,12,15H,2-5,8-11,13H2,1H3. The monoisotopic (exact) mass is 395 g/mol. The molecule has 0 atom stereocenters. The number of aromatic nitrogens is 2. The predicted molar refractivity (Wildman–Crippen MR) is 106 cm³/mol. The van der Waals surface area contributed by atoms with Gasteiger partial charge in [-0.2, -0.15) is 4.98 Å². The van der Waals surface area contributed by atoms with Crippen molar-refractivity contribution in [3.8, 4) is 5.75 Å². The predicted octanol–water partition coefficient (Wildman–Crippen LogP) is 3.79. The molecule has 0 N–H and O–H groups in total. The lowest BCUT2D eigenvalue weighted by atomic mass is 9.96. The summed E-state index contributed by atoms with van der Waals surface area (Å²) in [5.41, 5.74) is 2.22. The summed E-state index contributed by atoms with van der Waals surface area (Å²) in [6, 6.07) is 5.85. The van der Waals surface area contributed by atoms with Crippen LogP contribution in [0.1, 0.15) is 54.6 Å². The van der Waals surface area contributed by atoms with Crippen molar-refractivity contribution >= 4 is 16.9 Å². The second kappa shape index (κ2) is 7.54. The van der Waals surface area contributed by atoms with Gasteiger partial charge in [-0.3, -0.25) is 4.79 Å². The molecule has 0 unspecified atom stereocenters. The zero-order chi connectivity index (χ0) is 19.8. The van der Waals surface area contributed by atoms with E-state index in [0.717, 1.165) is 48.2 Å². The van der Waals surface area contributed by atoms with Gasteiger partial charge in [-0.25, -0.2) is 0 Å². The van der Waals surface area contributed by atoms with Crippen LogP contribution in [0.25, 0.3) is 11.0 Å². The molecule has 3 heterocycles. The van der Waals surface area contributed by atoms with E-state index in [9.17, 15) is 4.79 Å². The highest BCUT2D eigenvalue weighted by Gasteiger charge is 2.27. The molecule has 7 heteroatoms. The molecule has 152 valence electrons. The van der Waals surface area contributed by atoms with Crippen LogP contribution in [0.4, 0.5) is 0 Å². The van der Waals surface area contributed by atoms with E-state index >= 15 is 0 Å². The minimum atomic E-state index is 0.0134. The second-order valence-electron chi connectivity index (χ2n) is 7.99. The van der Waals surface area contributed by atoms with Crippen molar-refractivity contribution in [3.63, 3.8) is 0 Å². The van der Waals surface area contributed by atoms with E-state index in [1.54, 1.807) is 0 Å². The summed E-state index contributed by atoms with van der Waals surface area (Å²) < 4.78 is 17.1. The fourth-order valence-electron chi connectivity index (χ4n) is 4.42. The SMILES string of the molecule is Cc1noc(C2CCN(C(=O)COc3ccc4oc5c(c4c3)CCCC5)CC2)n1. The summed E-state index contributed by atoms with van der Waals surface area (Å²) >= 11 is 0. The molecule has 1 amide bonds. The van der Waals surface area contributed by atoms with Crippen molar-refractivity contribution in [1.82, 2.24) is 15.0 Å². The molecule has 1 saturated heterocycles. The summed E-state index contributed by atoms with van der Waals surface area (Å²) in [6.07, 6.45) is 6.12. The smallest absolute Gasteiger partial charge is 0.260 e. The molecule has 3 aromatic rings. The molecule has 0 saturated carbocycles. The fraction of sp³-hybridized carbons (Fsp3) is 0.500. The van der Waals surface area contributed by atoms with Gasteiger partial charge in [0.1, 0.15) is 17.1 Å². The summed E-state index contributed by atoms with van der Waals surface area (Å²) in [5, 5.41) is 4.99. The Morgan fingerprint density at radius 3 is 2.86 bits per heavy atom. The number of hydrogen-bond donors (Lipinski definition) is 0. The molecular formula is C22H25N3O4. The van der Waals surface area contributed by atoms with Crippen molar-refractivity contribution in [2.24, 2.45) is 0 Å². The summed E-state index contributed by atoms with van der Waals surface area (Å²) in [4.78, 5) is 18.8. The van der Waals surface area contributed by atoms with Crippen LogP contribution in [-0.4, -0.2) is 40.6 Å². The number of ether oxygens (including phenoxy) is 1. The topological polar surface area (TPSA) is 81.6 Å². The Balaban J connectivity index is 1.19. The summed E-state index contributed by atoms with van der Waals surface area (Å²) in [6.45, 7) is 3.24. The summed E-state index contributed by atoms with van der Waals surface area (Å²) in [5.74, 6) is 3.41. The van der Waals surface area contributed by atoms with E-state index in [0.29, 0.717) is 24.8 Å².